The van der Waals surface area contributed by atoms with E-state index in [4.69, 9.17) is 4.74 Å². The lowest BCUT2D eigenvalue weighted by Crippen LogP contribution is -2.46. The molecule has 0 fully saturated rings. The highest BCUT2D eigenvalue weighted by Crippen LogP contribution is 2.30. The van der Waals surface area contributed by atoms with Crippen molar-refractivity contribution in [1.29, 1.82) is 0 Å². The Morgan fingerprint density at radius 1 is 1.07 bits per heavy atom. The number of carbonyl (C=O) groups is 2. The van der Waals surface area contributed by atoms with Crippen LogP contribution in [-0.4, -0.2) is 54.1 Å². The quantitative estimate of drug-likeness (QED) is 0.583. The van der Waals surface area contributed by atoms with Crippen LogP contribution >= 0.6 is 0 Å². The first-order valence-corrected chi connectivity index (χ1v) is 11.1. The summed E-state index contributed by atoms with van der Waals surface area (Å²) in [6.45, 7) is 3.33. The number of benzene rings is 2. The predicted octanol–water partition coefficient (Wildman–Crippen LogP) is 1.89. The van der Waals surface area contributed by atoms with Crippen molar-refractivity contribution < 1.29 is 22.7 Å². The number of carbonyl (C=O) groups excluding carboxylic acids is 2. The molecule has 8 nitrogen and oxygen atoms in total. The van der Waals surface area contributed by atoms with E-state index >= 15 is 0 Å². The summed E-state index contributed by atoms with van der Waals surface area (Å²) < 4.78 is 32.8. The third-order valence-corrected chi connectivity index (χ3v) is 6.04. The summed E-state index contributed by atoms with van der Waals surface area (Å²) >= 11 is 0. The molecule has 2 aromatic rings. The molecule has 0 radical (unpaired) electrons. The number of nitrogens with zero attached hydrogens (tertiary/aromatic N) is 1. The Morgan fingerprint density at radius 2 is 1.70 bits per heavy atom. The van der Waals surface area contributed by atoms with Crippen LogP contribution < -0.4 is 14.9 Å². The Morgan fingerprint density at radius 3 is 2.30 bits per heavy atom. The molecule has 0 aromatic heterocycles. The van der Waals surface area contributed by atoms with E-state index in [2.05, 4.69) is 10.0 Å². The molecule has 0 spiro atoms. The van der Waals surface area contributed by atoms with Crippen molar-refractivity contribution in [2.45, 2.75) is 31.2 Å². The van der Waals surface area contributed by atoms with Crippen LogP contribution in [0, 0.1) is 5.92 Å². The van der Waals surface area contributed by atoms with Crippen LogP contribution in [0.5, 0.6) is 0 Å². The number of nitrogens with one attached hydrogen (secondary N) is 2. The SMILES string of the molecule is COC(=O)C(CC(C)C)NC(=O)CNS(=O)(=O)c1cccc2c(N(C)C)cccc12. The minimum absolute atomic E-state index is 0.0863. The van der Waals surface area contributed by atoms with E-state index in [1.807, 2.05) is 45.0 Å². The molecule has 0 bridgehead atoms. The number of ether oxygens (including phenoxy) is 1. The Hall–Kier alpha value is -2.65. The third-order valence-electron chi connectivity index (χ3n) is 4.58. The van der Waals surface area contributed by atoms with E-state index in [-0.39, 0.29) is 10.8 Å². The van der Waals surface area contributed by atoms with Crippen molar-refractivity contribution >= 4 is 38.4 Å². The number of sulfonamides is 1. The van der Waals surface area contributed by atoms with Gasteiger partial charge in [-0.15, -0.1) is 0 Å². The zero-order valence-electron chi connectivity index (χ0n) is 17.9. The van der Waals surface area contributed by atoms with E-state index in [0.717, 1.165) is 11.1 Å². The molecule has 1 amide bonds. The molecule has 0 saturated heterocycles. The molecule has 0 aliphatic heterocycles. The van der Waals surface area contributed by atoms with Gasteiger partial charge in [-0.05, 0) is 24.5 Å². The van der Waals surface area contributed by atoms with E-state index in [0.29, 0.717) is 11.8 Å². The minimum Gasteiger partial charge on any atom is -0.467 e. The Kier molecular flexibility index (Phi) is 7.80. The Balaban J connectivity index is 2.20. The molecule has 1 atom stereocenters. The van der Waals surface area contributed by atoms with Gasteiger partial charge in [-0.3, -0.25) is 4.79 Å². The van der Waals surface area contributed by atoms with Gasteiger partial charge in [-0.1, -0.05) is 38.1 Å². The molecule has 0 heterocycles. The number of methoxy groups -OCH3 is 1. The number of hydrogen-bond acceptors (Lipinski definition) is 6. The van der Waals surface area contributed by atoms with Gasteiger partial charge < -0.3 is 15.0 Å². The van der Waals surface area contributed by atoms with Gasteiger partial charge in [0.25, 0.3) is 0 Å². The van der Waals surface area contributed by atoms with E-state index < -0.39 is 34.5 Å². The molecule has 0 saturated carbocycles. The third kappa shape index (κ3) is 5.70. The maximum atomic E-state index is 12.9. The predicted molar refractivity (Wildman–Crippen MR) is 117 cm³/mol. The van der Waals surface area contributed by atoms with Crippen LogP contribution in [0.25, 0.3) is 10.8 Å². The lowest BCUT2D eigenvalue weighted by atomic mass is 10.0. The lowest BCUT2D eigenvalue weighted by molar-refractivity contribution is -0.145. The Labute approximate surface area is 177 Å². The fraction of sp³-hybridized carbons (Fsp3) is 0.429. The molecule has 9 heteroatoms. The molecular weight excluding hydrogens is 406 g/mol. The summed E-state index contributed by atoms with van der Waals surface area (Å²) in [5, 5.41) is 3.89. The van der Waals surface area contributed by atoms with Crippen molar-refractivity contribution in [2.75, 3.05) is 32.6 Å². The summed E-state index contributed by atoms with van der Waals surface area (Å²) in [6.07, 6.45) is 0.391. The highest BCUT2D eigenvalue weighted by molar-refractivity contribution is 7.89. The average molecular weight is 436 g/mol. The second-order valence-electron chi connectivity index (χ2n) is 7.62. The van der Waals surface area contributed by atoms with Gasteiger partial charge in [-0.2, -0.15) is 0 Å². The highest BCUT2D eigenvalue weighted by atomic mass is 32.2. The van der Waals surface area contributed by atoms with Crippen molar-refractivity contribution in [3.63, 3.8) is 0 Å². The smallest absolute Gasteiger partial charge is 0.328 e. The van der Waals surface area contributed by atoms with Crippen LogP contribution in [0.2, 0.25) is 0 Å². The molecule has 0 aliphatic carbocycles. The van der Waals surface area contributed by atoms with Gasteiger partial charge in [0.05, 0.1) is 18.6 Å². The summed E-state index contributed by atoms with van der Waals surface area (Å²) in [7, 11) is 1.05. The normalized spacial score (nSPS) is 12.6. The van der Waals surface area contributed by atoms with Crippen molar-refractivity contribution in [3.05, 3.63) is 36.4 Å². The van der Waals surface area contributed by atoms with Gasteiger partial charge in [0.15, 0.2) is 0 Å². The van der Waals surface area contributed by atoms with Crippen LogP contribution in [0.1, 0.15) is 20.3 Å². The van der Waals surface area contributed by atoms with Crippen LogP contribution in [-0.2, 0) is 24.3 Å². The zero-order valence-corrected chi connectivity index (χ0v) is 18.7. The van der Waals surface area contributed by atoms with E-state index in [1.54, 1.807) is 18.2 Å². The number of esters is 1. The number of anilines is 1. The van der Waals surface area contributed by atoms with Crippen molar-refractivity contribution in [2.24, 2.45) is 5.92 Å². The number of hydrogen-bond donors (Lipinski definition) is 2. The summed E-state index contributed by atoms with van der Waals surface area (Å²) in [5.41, 5.74) is 0.886. The van der Waals surface area contributed by atoms with Gasteiger partial charge in [0.2, 0.25) is 15.9 Å². The largest absolute Gasteiger partial charge is 0.467 e. The van der Waals surface area contributed by atoms with Crippen LogP contribution in [0.4, 0.5) is 5.69 Å². The molecule has 2 rings (SSSR count). The monoisotopic (exact) mass is 435 g/mol. The Bertz CT molecular complexity index is 1020. The van der Waals surface area contributed by atoms with Gasteiger partial charge in [-0.25, -0.2) is 17.9 Å². The molecular formula is C21H29N3O5S. The zero-order chi connectivity index (χ0) is 22.5. The van der Waals surface area contributed by atoms with E-state index in [1.165, 1.54) is 13.2 Å². The number of rotatable bonds is 9. The van der Waals surface area contributed by atoms with Gasteiger partial charge in [0, 0.05) is 30.6 Å². The van der Waals surface area contributed by atoms with E-state index in [9.17, 15) is 18.0 Å². The van der Waals surface area contributed by atoms with Gasteiger partial charge in [0.1, 0.15) is 6.04 Å². The summed E-state index contributed by atoms with van der Waals surface area (Å²) in [5.74, 6) is -1.03. The first-order valence-electron chi connectivity index (χ1n) is 9.62. The number of fused-ring (bicyclic) bond motifs is 1. The maximum absolute atomic E-state index is 12.9. The number of amides is 1. The first kappa shape index (κ1) is 23.6. The topological polar surface area (TPSA) is 105 Å². The minimum atomic E-state index is -3.95. The van der Waals surface area contributed by atoms with Crippen LogP contribution in [0.3, 0.4) is 0 Å². The molecule has 1 unspecified atom stereocenters. The first-order chi connectivity index (χ1) is 14.1. The molecule has 164 valence electrons. The summed E-state index contributed by atoms with van der Waals surface area (Å²) in [6, 6.07) is 9.61. The fourth-order valence-electron chi connectivity index (χ4n) is 3.20. The van der Waals surface area contributed by atoms with Gasteiger partial charge >= 0.3 is 5.97 Å². The average Bonchev–Trinajstić information content (AvgIpc) is 2.69. The summed E-state index contributed by atoms with van der Waals surface area (Å²) in [4.78, 5) is 26.1. The second kappa shape index (κ2) is 9.90. The van der Waals surface area contributed by atoms with Crippen molar-refractivity contribution in [1.82, 2.24) is 10.0 Å². The fourth-order valence-corrected chi connectivity index (χ4v) is 4.40. The highest BCUT2D eigenvalue weighted by Gasteiger charge is 2.24. The molecule has 30 heavy (non-hydrogen) atoms. The standard InChI is InChI=1S/C21H29N3O5S/c1-14(2)12-17(21(26)29-5)23-20(25)13-22-30(27,28)19-11-7-8-15-16(19)9-6-10-18(15)24(3)4/h6-11,14,17,22H,12-13H2,1-5H3,(H,23,25). The lowest BCUT2D eigenvalue weighted by Gasteiger charge is -2.19. The molecule has 2 N–H and O–H groups in total. The molecule has 0 aliphatic rings. The van der Waals surface area contributed by atoms with Crippen LogP contribution in [0.15, 0.2) is 41.3 Å². The van der Waals surface area contributed by atoms with Crippen molar-refractivity contribution in [3.8, 4) is 0 Å². The second-order valence-corrected chi connectivity index (χ2v) is 9.36. The maximum Gasteiger partial charge on any atom is 0.328 e. The molecule has 2 aromatic carbocycles.